The predicted molar refractivity (Wildman–Crippen MR) is 93.5 cm³/mol. The fraction of sp³-hybridized carbons (Fsp3) is 0.400. The van der Waals surface area contributed by atoms with Crippen LogP contribution in [0.15, 0.2) is 28.6 Å². The van der Waals surface area contributed by atoms with Crippen molar-refractivity contribution in [1.29, 1.82) is 0 Å². The summed E-state index contributed by atoms with van der Waals surface area (Å²) < 4.78 is 6.03. The lowest BCUT2D eigenvalue weighted by atomic mass is 10.3. The summed E-state index contributed by atoms with van der Waals surface area (Å²) in [6, 6.07) is 7.90. The van der Waals surface area contributed by atoms with Gasteiger partial charge in [-0.1, -0.05) is 35.2 Å². The first-order chi connectivity index (χ1) is 11.2. The maximum absolute atomic E-state index is 12.3. The van der Waals surface area contributed by atoms with Gasteiger partial charge in [0.1, 0.15) is 5.75 Å². The van der Waals surface area contributed by atoms with E-state index < -0.39 is 0 Å². The number of carbonyl (C=O) groups is 1. The Bertz CT molecular complexity index is 688. The van der Waals surface area contributed by atoms with Crippen LogP contribution in [0.5, 0.6) is 5.75 Å². The van der Waals surface area contributed by atoms with Gasteiger partial charge in [-0.05, 0) is 31.9 Å². The highest BCUT2D eigenvalue weighted by Gasteiger charge is 2.23. The minimum Gasteiger partial charge on any atom is -0.495 e. The molecule has 8 heteroatoms. The SMILES string of the molecule is COc1ccccc1NC(=O)[C@H](C)Sc1nnc(NC2CC2)s1. The second-order valence-corrected chi connectivity index (χ2v) is 7.81. The summed E-state index contributed by atoms with van der Waals surface area (Å²) in [4.78, 5) is 12.3. The number of thioether (sulfide) groups is 1. The van der Waals surface area contributed by atoms with Crippen LogP contribution >= 0.6 is 23.1 Å². The summed E-state index contributed by atoms with van der Waals surface area (Å²) in [5.74, 6) is 0.552. The lowest BCUT2D eigenvalue weighted by Crippen LogP contribution is -2.22. The minimum absolute atomic E-state index is 0.0913. The van der Waals surface area contributed by atoms with Crippen LogP contribution in [0.4, 0.5) is 10.8 Å². The summed E-state index contributed by atoms with van der Waals surface area (Å²) >= 11 is 2.89. The van der Waals surface area contributed by atoms with Crippen molar-refractivity contribution in [3.8, 4) is 5.75 Å². The van der Waals surface area contributed by atoms with Crippen molar-refractivity contribution in [3.05, 3.63) is 24.3 Å². The highest BCUT2D eigenvalue weighted by molar-refractivity contribution is 8.02. The molecule has 0 radical (unpaired) electrons. The number of carbonyl (C=O) groups excluding carboxylic acids is 1. The molecule has 3 rings (SSSR count). The number of hydrogen-bond donors (Lipinski definition) is 2. The van der Waals surface area contributed by atoms with Crippen LogP contribution in [-0.2, 0) is 4.79 Å². The number of para-hydroxylation sites is 2. The number of benzene rings is 1. The van der Waals surface area contributed by atoms with E-state index in [9.17, 15) is 4.79 Å². The number of ether oxygens (including phenoxy) is 1. The molecule has 1 aliphatic rings. The van der Waals surface area contributed by atoms with Gasteiger partial charge in [0, 0.05) is 6.04 Å². The fourth-order valence-corrected chi connectivity index (χ4v) is 3.88. The molecule has 6 nitrogen and oxygen atoms in total. The number of anilines is 2. The van der Waals surface area contributed by atoms with E-state index in [4.69, 9.17) is 4.74 Å². The van der Waals surface area contributed by atoms with Crippen molar-refractivity contribution in [2.24, 2.45) is 0 Å². The first kappa shape index (κ1) is 16.1. The number of amides is 1. The molecule has 1 heterocycles. The monoisotopic (exact) mass is 350 g/mol. The lowest BCUT2D eigenvalue weighted by molar-refractivity contribution is -0.115. The van der Waals surface area contributed by atoms with Gasteiger partial charge in [0.05, 0.1) is 18.0 Å². The number of nitrogens with zero attached hydrogens (tertiary/aromatic N) is 2. The Labute approximate surface area is 143 Å². The summed E-state index contributed by atoms with van der Waals surface area (Å²) in [5, 5.41) is 15.0. The molecule has 1 fully saturated rings. The smallest absolute Gasteiger partial charge is 0.237 e. The topological polar surface area (TPSA) is 76.1 Å². The molecule has 2 N–H and O–H groups in total. The molecule has 1 aliphatic carbocycles. The molecule has 122 valence electrons. The largest absolute Gasteiger partial charge is 0.495 e. The molecule has 0 unspecified atom stereocenters. The van der Waals surface area contributed by atoms with Crippen molar-refractivity contribution < 1.29 is 9.53 Å². The zero-order valence-corrected chi connectivity index (χ0v) is 14.5. The minimum atomic E-state index is -0.276. The Balaban J connectivity index is 1.57. The molecule has 0 bridgehead atoms. The van der Waals surface area contributed by atoms with Crippen LogP contribution in [0.1, 0.15) is 19.8 Å². The molecule has 1 amide bonds. The van der Waals surface area contributed by atoms with Crippen molar-refractivity contribution in [1.82, 2.24) is 10.2 Å². The Morgan fingerprint density at radius 3 is 2.91 bits per heavy atom. The molecule has 1 saturated carbocycles. The van der Waals surface area contributed by atoms with Crippen molar-refractivity contribution >= 4 is 39.8 Å². The molecule has 0 spiro atoms. The molecule has 2 aromatic rings. The first-order valence-corrected chi connectivity index (χ1v) is 9.06. The molecule has 0 aliphatic heterocycles. The highest BCUT2D eigenvalue weighted by atomic mass is 32.2. The highest BCUT2D eigenvalue weighted by Crippen LogP contribution is 2.32. The molecular weight excluding hydrogens is 332 g/mol. The Kier molecular flexibility index (Phi) is 5.02. The molecule has 1 aromatic carbocycles. The van der Waals surface area contributed by atoms with E-state index in [1.54, 1.807) is 7.11 Å². The summed E-state index contributed by atoms with van der Waals surface area (Å²) in [6.45, 7) is 1.85. The predicted octanol–water partition coefficient (Wildman–Crippen LogP) is 3.24. The zero-order valence-electron chi connectivity index (χ0n) is 12.9. The van der Waals surface area contributed by atoms with Crippen LogP contribution in [0.25, 0.3) is 0 Å². The fourth-order valence-electron chi connectivity index (χ4n) is 1.91. The van der Waals surface area contributed by atoms with Crippen molar-refractivity contribution in [2.75, 3.05) is 17.7 Å². The third-order valence-corrected chi connectivity index (χ3v) is 5.36. The van der Waals surface area contributed by atoms with Crippen molar-refractivity contribution in [2.45, 2.75) is 35.4 Å². The van der Waals surface area contributed by atoms with E-state index >= 15 is 0 Å². The number of methoxy groups -OCH3 is 1. The normalized spacial score (nSPS) is 15.0. The number of hydrogen-bond acceptors (Lipinski definition) is 7. The third-order valence-electron chi connectivity index (χ3n) is 3.32. The Hall–Kier alpha value is -1.80. The number of nitrogens with one attached hydrogen (secondary N) is 2. The maximum Gasteiger partial charge on any atom is 0.237 e. The quantitative estimate of drug-likeness (QED) is 0.747. The standard InChI is InChI=1S/C15H18N4O2S2/c1-9(13(20)17-11-5-3-4-6-12(11)21-2)22-15-19-18-14(23-15)16-10-7-8-10/h3-6,9-10H,7-8H2,1-2H3,(H,16,18)(H,17,20)/t9-/m0/s1. The Morgan fingerprint density at radius 2 is 2.17 bits per heavy atom. The van der Waals surface area contributed by atoms with Crippen molar-refractivity contribution in [3.63, 3.8) is 0 Å². The van der Waals surface area contributed by atoms with Crippen LogP contribution in [0.3, 0.4) is 0 Å². The van der Waals surface area contributed by atoms with Crippen LogP contribution in [-0.4, -0.2) is 34.5 Å². The first-order valence-electron chi connectivity index (χ1n) is 7.36. The summed E-state index contributed by atoms with van der Waals surface area (Å²) in [7, 11) is 1.58. The molecule has 23 heavy (non-hydrogen) atoms. The summed E-state index contributed by atoms with van der Waals surface area (Å²) in [6.07, 6.45) is 2.39. The van der Waals surface area contributed by atoms with E-state index in [0.29, 0.717) is 17.5 Å². The van der Waals surface area contributed by atoms with E-state index in [-0.39, 0.29) is 11.2 Å². The zero-order chi connectivity index (χ0) is 16.2. The second-order valence-electron chi connectivity index (χ2n) is 5.24. The maximum atomic E-state index is 12.3. The van der Waals surface area contributed by atoms with Crippen LogP contribution in [0.2, 0.25) is 0 Å². The second kappa shape index (κ2) is 7.18. The van der Waals surface area contributed by atoms with E-state index in [2.05, 4.69) is 20.8 Å². The molecule has 1 aromatic heterocycles. The van der Waals surface area contributed by atoms with Gasteiger partial charge >= 0.3 is 0 Å². The van der Waals surface area contributed by atoms with Gasteiger partial charge in [-0.15, -0.1) is 10.2 Å². The Morgan fingerprint density at radius 1 is 1.39 bits per heavy atom. The van der Waals surface area contributed by atoms with E-state index in [1.165, 1.54) is 35.9 Å². The van der Waals surface area contributed by atoms with E-state index in [0.717, 1.165) is 9.47 Å². The molecule has 0 saturated heterocycles. The third kappa shape index (κ3) is 4.35. The van der Waals surface area contributed by atoms with Gasteiger partial charge in [-0.2, -0.15) is 0 Å². The lowest BCUT2D eigenvalue weighted by Gasteiger charge is -2.12. The molecular formula is C15H18N4O2S2. The van der Waals surface area contributed by atoms with Gasteiger partial charge < -0.3 is 15.4 Å². The van der Waals surface area contributed by atoms with Gasteiger partial charge in [0.25, 0.3) is 0 Å². The average molecular weight is 350 g/mol. The van der Waals surface area contributed by atoms with Crippen LogP contribution in [0, 0.1) is 0 Å². The number of rotatable bonds is 7. The number of aromatic nitrogens is 2. The average Bonchev–Trinajstić information content (AvgIpc) is 3.26. The van der Waals surface area contributed by atoms with Gasteiger partial charge in [0.2, 0.25) is 11.0 Å². The van der Waals surface area contributed by atoms with Gasteiger partial charge in [-0.25, -0.2) is 0 Å². The van der Waals surface area contributed by atoms with Gasteiger partial charge in [-0.3, -0.25) is 4.79 Å². The van der Waals surface area contributed by atoms with Crippen LogP contribution < -0.4 is 15.4 Å². The summed E-state index contributed by atoms with van der Waals surface area (Å²) in [5.41, 5.74) is 0.667. The van der Waals surface area contributed by atoms with E-state index in [1.807, 2.05) is 31.2 Å². The molecule has 1 atom stereocenters. The van der Waals surface area contributed by atoms with Gasteiger partial charge in [0.15, 0.2) is 4.34 Å².